The Morgan fingerprint density at radius 2 is 1.49 bits per heavy atom. The molecule has 3 aliphatic heterocycles. The average Bonchev–Trinajstić information content (AvgIpc) is 2.98. The zero-order valence-electron chi connectivity index (χ0n) is 23.0. The average molecular weight is 612 g/mol. The third-order valence-electron chi connectivity index (χ3n) is 7.62. The van der Waals surface area contributed by atoms with Crippen LogP contribution >= 0.6 is 0 Å². The van der Waals surface area contributed by atoms with Crippen LogP contribution in [-0.2, 0) is 18.9 Å². The summed E-state index contributed by atoms with van der Waals surface area (Å²) in [6, 6.07) is 6.82. The van der Waals surface area contributed by atoms with E-state index in [0.29, 0.717) is 5.56 Å². The summed E-state index contributed by atoms with van der Waals surface area (Å²) in [5.74, 6) is -0.346. The number of ether oxygens (including phenoxy) is 6. The summed E-state index contributed by atoms with van der Waals surface area (Å²) in [5.41, 5.74) is 0.623. The van der Waals surface area contributed by atoms with Gasteiger partial charge >= 0.3 is 0 Å². The fraction of sp³-hybridized carbons (Fsp3) is 0.500. The van der Waals surface area contributed by atoms with Crippen molar-refractivity contribution in [1.29, 1.82) is 0 Å². The Hall–Kier alpha value is -3.38. The highest BCUT2D eigenvalue weighted by atomic mass is 16.7. The number of aliphatic hydroxyl groups excluding tert-OH is 6. The molecule has 15 heteroatoms. The van der Waals surface area contributed by atoms with Crippen molar-refractivity contribution in [2.24, 2.45) is 0 Å². The number of hydrogen-bond donors (Lipinski definition) is 9. The van der Waals surface area contributed by atoms with Crippen molar-refractivity contribution in [1.82, 2.24) is 0 Å². The molecule has 0 aromatic heterocycles. The lowest BCUT2D eigenvalue weighted by atomic mass is 9.98. The summed E-state index contributed by atoms with van der Waals surface area (Å²) in [6.45, 7) is 0.972. The topological polar surface area (TPSA) is 241 Å². The van der Waals surface area contributed by atoms with Gasteiger partial charge < -0.3 is 74.4 Å². The summed E-state index contributed by atoms with van der Waals surface area (Å²) in [6.07, 6.45) is -14.6. The van der Waals surface area contributed by atoms with E-state index in [-0.39, 0.29) is 40.1 Å². The standard InChI is InChI=1S/C28H34O15/c1-10-20(32)22(34)24(36)27(40-10)39-9-19-21(33)23(35)25(37)28(43-19)42-18-8-13-15(31)6-12(29)7-16(13)41-26(18)11-3-4-14(30)17(5-11)38-2/h3-8,10,19-37H,9H2,1-2H3/p+1/t10-,19-,20+,21-,22+,23-,24-,25+,26?,27-,28-/m1/s1. The van der Waals surface area contributed by atoms with Gasteiger partial charge in [-0.15, -0.1) is 0 Å². The number of rotatable bonds is 7. The van der Waals surface area contributed by atoms with E-state index in [0.717, 1.165) is 6.07 Å². The first kappa shape index (κ1) is 31.1. The van der Waals surface area contributed by atoms with Crippen LogP contribution < -0.4 is 4.74 Å². The van der Waals surface area contributed by atoms with Gasteiger partial charge in [-0.25, -0.2) is 0 Å². The lowest BCUT2D eigenvalue weighted by Gasteiger charge is -2.42. The van der Waals surface area contributed by atoms with Crippen molar-refractivity contribution in [3.63, 3.8) is 0 Å². The van der Waals surface area contributed by atoms with Crippen LogP contribution in [-0.4, -0.2) is 126 Å². The first-order chi connectivity index (χ1) is 20.4. The molecule has 0 radical (unpaired) electrons. The Kier molecular flexibility index (Phi) is 8.89. The Morgan fingerprint density at radius 3 is 2.21 bits per heavy atom. The molecule has 11 atom stereocenters. The number of fused-ring (bicyclic) bond motifs is 1. The molecular formula is C28H35O15+. The molecule has 0 saturated carbocycles. The summed E-state index contributed by atoms with van der Waals surface area (Å²) < 4.78 is 32.5. The van der Waals surface area contributed by atoms with E-state index in [4.69, 9.17) is 23.7 Å². The zero-order valence-corrected chi connectivity index (χ0v) is 23.0. The minimum atomic E-state index is -1.78. The van der Waals surface area contributed by atoms with E-state index in [1.807, 2.05) is 0 Å². The number of phenolic OH excluding ortho intramolecular Hbond substituents is 3. The van der Waals surface area contributed by atoms with Crippen LogP contribution in [0.15, 0.2) is 36.1 Å². The lowest BCUT2D eigenvalue weighted by Crippen LogP contribution is -2.61. The van der Waals surface area contributed by atoms with Crippen LogP contribution in [0.2, 0.25) is 0 Å². The number of aromatic hydroxyl groups is 4. The van der Waals surface area contributed by atoms with Crippen molar-refractivity contribution >= 4 is 6.08 Å². The molecule has 2 aromatic carbocycles. The minimum Gasteiger partial charge on any atom is -0.571 e. The van der Waals surface area contributed by atoms with Crippen molar-refractivity contribution in [3.05, 3.63) is 47.2 Å². The van der Waals surface area contributed by atoms with Gasteiger partial charge in [0.1, 0.15) is 59.8 Å². The quantitative estimate of drug-likeness (QED) is 0.167. The highest BCUT2D eigenvalue weighted by molar-refractivity contribution is 5.69. The summed E-state index contributed by atoms with van der Waals surface area (Å²) >= 11 is 0. The van der Waals surface area contributed by atoms with Gasteiger partial charge in [-0.3, -0.25) is 0 Å². The van der Waals surface area contributed by atoms with Crippen LogP contribution in [0, 0.1) is 0 Å². The number of hydrogen-bond acceptors (Lipinski definition) is 14. The summed E-state index contributed by atoms with van der Waals surface area (Å²) in [4.78, 5) is 0. The van der Waals surface area contributed by atoms with Crippen LogP contribution in [0.3, 0.4) is 0 Å². The normalized spacial score (nSPS) is 35.8. The van der Waals surface area contributed by atoms with Crippen molar-refractivity contribution in [3.8, 4) is 28.7 Å². The summed E-state index contributed by atoms with van der Waals surface area (Å²) in [5, 5.41) is 92.7. The van der Waals surface area contributed by atoms with Crippen LogP contribution in [0.25, 0.3) is 6.08 Å². The predicted octanol–water partition coefficient (Wildman–Crippen LogP) is -1.18. The number of aliphatic hydroxyl groups is 7. The van der Waals surface area contributed by atoms with E-state index in [9.17, 15) is 46.0 Å². The van der Waals surface area contributed by atoms with Crippen molar-refractivity contribution in [2.75, 3.05) is 13.7 Å². The Balaban J connectivity index is 1.40. The number of benzene rings is 2. The molecule has 0 amide bonds. The van der Waals surface area contributed by atoms with Gasteiger partial charge in [0.05, 0.1) is 31.5 Å². The van der Waals surface area contributed by atoms with Gasteiger partial charge in [0.15, 0.2) is 23.5 Å². The van der Waals surface area contributed by atoms with E-state index >= 15 is 0 Å². The molecular weight excluding hydrogens is 576 g/mol. The molecule has 10 N–H and O–H groups in total. The maximum Gasteiger partial charge on any atom is 0.270 e. The van der Waals surface area contributed by atoms with Gasteiger partial charge in [-0.05, 0) is 25.1 Å². The molecule has 2 saturated heterocycles. The molecule has 0 aliphatic carbocycles. The van der Waals surface area contributed by atoms with Gasteiger partial charge in [0, 0.05) is 12.1 Å². The maximum absolute atomic E-state index is 10.8. The molecule has 2 fully saturated rings. The molecule has 43 heavy (non-hydrogen) atoms. The third kappa shape index (κ3) is 6.04. The fourth-order valence-corrected chi connectivity index (χ4v) is 5.12. The van der Waals surface area contributed by atoms with E-state index in [1.165, 1.54) is 44.4 Å². The monoisotopic (exact) mass is 611 g/mol. The minimum absolute atomic E-state index is 0.0190. The molecule has 0 spiro atoms. The maximum atomic E-state index is 10.8. The second kappa shape index (κ2) is 12.3. The second-order valence-electron chi connectivity index (χ2n) is 10.6. The van der Waals surface area contributed by atoms with Gasteiger partial charge in [0.25, 0.3) is 11.9 Å². The smallest absolute Gasteiger partial charge is 0.270 e. The first-order valence-corrected chi connectivity index (χ1v) is 13.4. The zero-order chi connectivity index (χ0) is 31.2. The molecule has 15 nitrogen and oxygen atoms in total. The molecule has 2 aromatic rings. The fourth-order valence-electron chi connectivity index (χ4n) is 5.12. The Morgan fingerprint density at radius 1 is 0.791 bits per heavy atom. The molecule has 236 valence electrons. The van der Waals surface area contributed by atoms with Gasteiger partial charge in [-0.1, -0.05) is 0 Å². The Bertz CT molecular complexity index is 1330. The molecule has 1 unspecified atom stereocenters. The third-order valence-corrected chi connectivity index (χ3v) is 7.62. The largest absolute Gasteiger partial charge is 0.571 e. The number of phenols is 3. The lowest BCUT2D eigenvalue weighted by molar-refractivity contribution is -0.325. The van der Waals surface area contributed by atoms with Crippen LogP contribution in [0.4, 0.5) is 0 Å². The molecule has 5 rings (SSSR count). The van der Waals surface area contributed by atoms with Crippen molar-refractivity contribution < 1.29 is 74.4 Å². The van der Waals surface area contributed by atoms with Crippen LogP contribution in [0.1, 0.15) is 24.2 Å². The van der Waals surface area contributed by atoms with Gasteiger partial charge in [0.2, 0.25) is 6.29 Å². The molecule has 3 heterocycles. The molecule has 3 aliphatic rings. The summed E-state index contributed by atoms with van der Waals surface area (Å²) in [7, 11) is 1.36. The first-order valence-electron chi connectivity index (χ1n) is 13.4. The van der Waals surface area contributed by atoms with Crippen molar-refractivity contribution in [2.45, 2.75) is 74.4 Å². The van der Waals surface area contributed by atoms with Gasteiger partial charge in [-0.2, -0.15) is 0 Å². The van der Waals surface area contributed by atoms with E-state index in [1.54, 1.807) is 0 Å². The number of methoxy groups -OCH3 is 1. The molecule has 0 bridgehead atoms. The highest BCUT2D eigenvalue weighted by Crippen LogP contribution is 2.46. The Labute approximate surface area is 244 Å². The van der Waals surface area contributed by atoms with Crippen LogP contribution in [0.5, 0.6) is 28.7 Å². The van der Waals surface area contributed by atoms with E-state index in [2.05, 4.69) is 4.74 Å². The van der Waals surface area contributed by atoms with E-state index < -0.39 is 74.1 Å². The SMILES string of the molecule is COc1cc(C2[OH+]c3cc(O)cc(O)c3C=C2O[C@@H]2O[C@H](CO[C@@H]3O[C@H](C)[C@H](O)[C@H](O)[C@H]3O)[C@@H](O)[C@@H](O)[C@@H]2O)ccc1O. The predicted molar refractivity (Wildman–Crippen MR) is 143 cm³/mol. The highest BCUT2D eigenvalue weighted by Gasteiger charge is 2.48. The second-order valence-corrected chi connectivity index (χ2v) is 10.6.